The minimum atomic E-state index is -0.211. The Morgan fingerprint density at radius 1 is 1.03 bits per heavy atom. The van der Waals surface area contributed by atoms with E-state index in [0.717, 1.165) is 22.3 Å². The number of aromatic nitrogens is 3. The average Bonchev–Trinajstić information content (AvgIpc) is 3.45. The van der Waals surface area contributed by atoms with Crippen molar-refractivity contribution < 1.29 is 9.21 Å². The standard InChI is InChI=1S/C24H17ClN4O2/c25-18-5-3-4-16(10-18)17-7-8-20-11-21(23(29(20)13-17)22-14-31-15-28-22)24(30)27-12-19-6-1-2-9-26-19/h1-11,13-15H,12H2,(H,27,30). The van der Waals surface area contributed by atoms with Crippen LogP contribution in [0.15, 0.2) is 90.1 Å². The Kier molecular flexibility index (Phi) is 4.98. The maximum absolute atomic E-state index is 13.1. The number of carbonyl (C=O) groups excluding carboxylic acids is 1. The van der Waals surface area contributed by atoms with Crippen molar-refractivity contribution in [2.75, 3.05) is 0 Å². The van der Waals surface area contributed by atoms with E-state index in [-0.39, 0.29) is 5.91 Å². The molecule has 0 saturated heterocycles. The molecule has 1 aromatic carbocycles. The Hall–Kier alpha value is -3.90. The van der Waals surface area contributed by atoms with Gasteiger partial charge in [0.1, 0.15) is 12.0 Å². The third kappa shape index (κ3) is 3.81. The Balaban J connectivity index is 1.58. The molecule has 152 valence electrons. The Morgan fingerprint density at radius 3 is 2.74 bits per heavy atom. The van der Waals surface area contributed by atoms with Gasteiger partial charge in [0, 0.05) is 22.9 Å². The van der Waals surface area contributed by atoms with E-state index in [1.165, 1.54) is 12.7 Å². The van der Waals surface area contributed by atoms with Crippen molar-refractivity contribution in [3.8, 4) is 22.5 Å². The highest BCUT2D eigenvalue weighted by atomic mass is 35.5. The van der Waals surface area contributed by atoms with E-state index in [0.29, 0.717) is 28.5 Å². The van der Waals surface area contributed by atoms with Gasteiger partial charge in [0.25, 0.3) is 5.91 Å². The van der Waals surface area contributed by atoms with E-state index in [4.69, 9.17) is 16.0 Å². The summed E-state index contributed by atoms with van der Waals surface area (Å²) in [4.78, 5) is 21.6. The predicted octanol–water partition coefficient (Wildman–Crippen LogP) is 5.24. The molecule has 0 atom stereocenters. The van der Waals surface area contributed by atoms with E-state index in [1.807, 2.05) is 71.3 Å². The smallest absolute Gasteiger partial charge is 0.253 e. The molecule has 5 rings (SSSR count). The normalized spacial score (nSPS) is 11.0. The minimum absolute atomic E-state index is 0.211. The SMILES string of the molecule is O=C(NCc1ccccn1)c1cc2ccc(-c3cccc(Cl)c3)cn2c1-c1cocn1. The third-order valence-electron chi connectivity index (χ3n) is 5.00. The van der Waals surface area contributed by atoms with Crippen molar-refractivity contribution >= 4 is 23.0 Å². The number of amides is 1. The molecule has 0 radical (unpaired) electrons. The molecule has 0 fully saturated rings. The van der Waals surface area contributed by atoms with Crippen molar-refractivity contribution in [2.24, 2.45) is 0 Å². The Labute approximate surface area is 183 Å². The summed E-state index contributed by atoms with van der Waals surface area (Å²) in [6, 6.07) is 19.1. The molecule has 6 nitrogen and oxygen atoms in total. The van der Waals surface area contributed by atoms with Crippen molar-refractivity contribution in [1.82, 2.24) is 19.7 Å². The summed E-state index contributed by atoms with van der Waals surface area (Å²) in [5.41, 5.74) is 5.34. The number of oxazole rings is 1. The molecular formula is C24H17ClN4O2. The zero-order valence-electron chi connectivity index (χ0n) is 16.3. The van der Waals surface area contributed by atoms with Gasteiger partial charge in [-0.2, -0.15) is 0 Å². The first-order chi connectivity index (χ1) is 15.2. The summed E-state index contributed by atoms with van der Waals surface area (Å²) in [6.07, 6.45) is 6.56. The van der Waals surface area contributed by atoms with Crippen LogP contribution in [0.4, 0.5) is 0 Å². The zero-order valence-corrected chi connectivity index (χ0v) is 17.1. The molecule has 0 bridgehead atoms. The topological polar surface area (TPSA) is 72.4 Å². The van der Waals surface area contributed by atoms with Gasteiger partial charge >= 0.3 is 0 Å². The first-order valence-corrected chi connectivity index (χ1v) is 10.0. The molecular weight excluding hydrogens is 412 g/mol. The molecule has 4 aromatic heterocycles. The van der Waals surface area contributed by atoms with E-state index < -0.39 is 0 Å². The van der Waals surface area contributed by atoms with E-state index in [1.54, 1.807) is 6.20 Å². The minimum Gasteiger partial charge on any atom is -0.451 e. The lowest BCUT2D eigenvalue weighted by Crippen LogP contribution is -2.23. The van der Waals surface area contributed by atoms with E-state index in [9.17, 15) is 4.79 Å². The van der Waals surface area contributed by atoms with Gasteiger partial charge in [-0.05, 0) is 47.5 Å². The van der Waals surface area contributed by atoms with Gasteiger partial charge < -0.3 is 14.1 Å². The molecule has 1 amide bonds. The van der Waals surface area contributed by atoms with E-state index in [2.05, 4.69) is 15.3 Å². The largest absolute Gasteiger partial charge is 0.451 e. The van der Waals surface area contributed by atoms with Crippen molar-refractivity contribution in [3.63, 3.8) is 0 Å². The monoisotopic (exact) mass is 428 g/mol. The number of rotatable bonds is 5. The summed E-state index contributed by atoms with van der Waals surface area (Å²) in [7, 11) is 0. The van der Waals surface area contributed by atoms with Crippen molar-refractivity contribution in [2.45, 2.75) is 6.54 Å². The number of pyridine rings is 2. The van der Waals surface area contributed by atoms with Gasteiger partial charge in [-0.1, -0.05) is 35.9 Å². The Bertz CT molecular complexity index is 1360. The van der Waals surface area contributed by atoms with Gasteiger partial charge in [-0.25, -0.2) is 4.98 Å². The maximum Gasteiger partial charge on any atom is 0.253 e. The van der Waals surface area contributed by atoms with Crippen molar-refractivity contribution in [1.29, 1.82) is 0 Å². The number of hydrogen-bond donors (Lipinski definition) is 1. The highest BCUT2D eigenvalue weighted by Gasteiger charge is 2.20. The summed E-state index contributed by atoms with van der Waals surface area (Å²) in [5.74, 6) is -0.211. The number of nitrogens with zero attached hydrogens (tertiary/aromatic N) is 3. The molecule has 1 N–H and O–H groups in total. The summed E-state index contributed by atoms with van der Waals surface area (Å²) in [5, 5.41) is 3.61. The average molecular weight is 429 g/mol. The maximum atomic E-state index is 13.1. The van der Waals surface area contributed by atoms with Crippen LogP contribution in [-0.4, -0.2) is 20.3 Å². The van der Waals surface area contributed by atoms with Crippen LogP contribution in [0.1, 0.15) is 16.1 Å². The summed E-state index contributed by atoms with van der Waals surface area (Å²) >= 11 is 6.17. The van der Waals surface area contributed by atoms with Crippen LogP contribution in [0.2, 0.25) is 5.02 Å². The zero-order chi connectivity index (χ0) is 21.2. The predicted molar refractivity (Wildman–Crippen MR) is 119 cm³/mol. The highest BCUT2D eigenvalue weighted by molar-refractivity contribution is 6.30. The van der Waals surface area contributed by atoms with Gasteiger partial charge in [0.15, 0.2) is 6.39 Å². The molecule has 0 saturated carbocycles. The molecule has 7 heteroatoms. The van der Waals surface area contributed by atoms with Crippen LogP contribution in [0.3, 0.4) is 0 Å². The fraction of sp³-hybridized carbons (Fsp3) is 0.0417. The lowest BCUT2D eigenvalue weighted by Gasteiger charge is -2.08. The number of nitrogens with one attached hydrogen (secondary N) is 1. The first-order valence-electron chi connectivity index (χ1n) is 9.67. The van der Waals surface area contributed by atoms with Gasteiger partial charge in [-0.3, -0.25) is 9.78 Å². The summed E-state index contributed by atoms with van der Waals surface area (Å²) in [6.45, 7) is 0.331. The number of fused-ring (bicyclic) bond motifs is 1. The second-order valence-corrected chi connectivity index (χ2v) is 7.44. The molecule has 0 aliphatic carbocycles. The van der Waals surface area contributed by atoms with Crippen LogP contribution in [0, 0.1) is 0 Å². The fourth-order valence-electron chi connectivity index (χ4n) is 3.54. The molecule has 0 unspecified atom stereocenters. The van der Waals surface area contributed by atoms with E-state index >= 15 is 0 Å². The van der Waals surface area contributed by atoms with Crippen LogP contribution in [0.5, 0.6) is 0 Å². The summed E-state index contributed by atoms with van der Waals surface area (Å²) < 4.78 is 7.15. The van der Waals surface area contributed by atoms with Gasteiger partial charge in [-0.15, -0.1) is 0 Å². The quantitative estimate of drug-likeness (QED) is 0.415. The molecule has 31 heavy (non-hydrogen) atoms. The number of carbonyl (C=O) groups is 1. The highest BCUT2D eigenvalue weighted by Crippen LogP contribution is 2.30. The lowest BCUT2D eigenvalue weighted by atomic mass is 10.1. The molecule has 0 aliphatic heterocycles. The lowest BCUT2D eigenvalue weighted by molar-refractivity contribution is 0.0951. The second-order valence-electron chi connectivity index (χ2n) is 7.01. The third-order valence-corrected chi connectivity index (χ3v) is 5.24. The number of hydrogen-bond acceptors (Lipinski definition) is 4. The van der Waals surface area contributed by atoms with Crippen molar-refractivity contribution in [3.05, 3.63) is 102 Å². The van der Waals surface area contributed by atoms with Crippen LogP contribution < -0.4 is 5.32 Å². The molecule has 0 aliphatic rings. The van der Waals surface area contributed by atoms with Crippen LogP contribution in [-0.2, 0) is 6.54 Å². The van der Waals surface area contributed by atoms with Crippen LogP contribution in [0.25, 0.3) is 28.0 Å². The molecule has 4 heterocycles. The van der Waals surface area contributed by atoms with Crippen LogP contribution >= 0.6 is 11.6 Å². The first kappa shape index (κ1) is 19.1. The Morgan fingerprint density at radius 2 is 1.97 bits per heavy atom. The number of benzene rings is 1. The second kappa shape index (κ2) is 8.08. The van der Waals surface area contributed by atoms with Gasteiger partial charge in [0.05, 0.1) is 23.5 Å². The molecule has 0 spiro atoms. The van der Waals surface area contributed by atoms with Gasteiger partial charge in [0.2, 0.25) is 0 Å². The molecule has 5 aromatic rings. The number of halogens is 1. The fourth-order valence-corrected chi connectivity index (χ4v) is 3.73.